The molecule has 3 rings (SSSR count). The molecule has 0 aromatic heterocycles. The Labute approximate surface area is 208 Å². The molecule has 0 saturated carbocycles. The lowest BCUT2D eigenvalue weighted by molar-refractivity contribution is -0.132. The van der Waals surface area contributed by atoms with Crippen LogP contribution in [0.5, 0.6) is 0 Å². The normalized spacial score (nSPS) is 19.7. The third-order valence-corrected chi connectivity index (χ3v) is 5.97. The van der Waals surface area contributed by atoms with E-state index in [1.165, 1.54) is 5.57 Å². The highest BCUT2D eigenvalue weighted by atomic mass is 16.5. The Morgan fingerprint density at radius 1 is 1.31 bits per heavy atom. The number of hydrogen-bond acceptors (Lipinski definition) is 8. The maximum atomic E-state index is 12.8. The summed E-state index contributed by atoms with van der Waals surface area (Å²) < 4.78 is 5.72. The molecule has 0 aliphatic carbocycles. The molecule has 2 heterocycles. The van der Waals surface area contributed by atoms with Crippen molar-refractivity contribution in [2.75, 3.05) is 58.0 Å². The van der Waals surface area contributed by atoms with E-state index in [1.807, 2.05) is 41.3 Å². The molecule has 1 atom stereocenters. The molecular formula is C26H37N7O2. The van der Waals surface area contributed by atoms with Crippen LogP contribution in [0.25, 0.3) is 0 Å². The summed E-state index contributed by atoms with van der Waals surface area (Å²) in [6.45, 7) is 12.3. The first-order valence-corrected chi connectivity index (χ1v) is 11.6. The van der Waals surface area contributed by atoms with Crippen molar-refractivity contribution in [2.45, 2.75) is 12.8 Å². The fourth-order valence-electron chi connectivity index (χ4n) is 4.11. The molecule has 0 spiro atoms. The van der Waals surface area contributed by atoms with E-state index in [0.29, 0.717) is 26.1 Å². The number of hydrogen-bond donors (Lipinski definition) is 2. The summed E-state index contributed by atoms with van der Waals surface area (Å²) in [6.07, 6.45) is 6.69. The van der Waals surface area contributed by atoms with Gasteiger partial charge in [-0.25, -0.2) is 5.84 Å². The first kappa shape index (κ1) is 27.8. The number of hydrazine groups is 1. The minimum absolute atomic E-state index is 0.163. The number of ether oxygens (including phenoxy) is 1. The highest BCUT2D eigenvalue weighted by Crippen LogP contribution is 2.26. The van der Waals surface area contributed by atoms with Gasteiger partial charge >= 0.3 is 0 Å². The van der Waals surface area contributed by atoms with Crippen molar-refractivity contribution >= 4 is 18.3 Å². The molecule has 0 radical (unpaired) electrons. The summed E-state index contributed by atoms with van der Waals surface area (Å²) in [6, 6.07) is 9.90. The maximum Gasteiger partial charge on any atom is 0.227 e. The van der Waals surface area contributed by atoms with Crippen LogP contribution in [0.4, 0.5) is 5.69 Å². The van der Waals surface area contributed by atoms with Gasteiger partial charge in [-0.2, -0.15) is 10.4 Å². The average molecular weight is 480 g/mol. The van der Waals surface area contributed by atoms with Crippen molar-refractivity contribution in [3.63, 3.8) is 0 Å². The number of nitriles is 1. The van der Waals surface area contributed by atoms with Gasteiger partial charge in [0.25, 0.3) is 0 Å². The van der Waals surface area contributed by atoms with E-state index in [4.69, 9.17) is 15.8 Å². The van der Waals surface area contributed by atoms with Gasteiger partial charge in [-0.15, -0.1) is 0 Å². The van der Waals surface area contributed by atoms with E-state index in [0.717, 1.165) is 49.5 Å². The molecule has 2 saturated heterocycles. The van der Waals surface area contributed by atoms with E-state index < -0.39 is 0 Å². The minimum atomic E-state index is 0.163. The standard InChI is InChI=1S/C25H33N5O2.CH4N2/c1-20-18-32-19-22(24(20)6-4-3-5-11-26)17-29-12-14-30(15-13-29)25(31)16-21-7-9-23(10-8-21)28(2)27;1-3-2/h3-4,6-10,22H,1,5,12-19,27H2,2H3;1-2H2/b4-3-,24-6+;. The summed E-state index contributed by atoms with van der Waals surface area (Å²) >= 11 is 0. The van der Waals surface area contributed by atoms with E-state index >= 15 is 0 Å². The van der Waals surface area contributed by atoms with Gasteiger partial charge in [0.15, 0.2) is 0 Å². The Balaban J connectivity index is 0.00000137. The van der Waals surface area contributed by atoms with Crippen LogP contribution in [0.2, 0.25) is 0 Å². The van der Waals surface area contributed by atoms with Crippen LogP contribution in [0, 0.1) is 17.2 Å². The van der Waals surface area contributed by atoms with E-state index in [9.17, 15) is 4.79 Å². The minimum Gasteiger partial charge on any atom is -0.376 e. The number of allylic oxidation sites excluding steroid dienone is 3. The van der Waals surface area contributed by atoms with Gasteiger partial charge in [0.1, 0.15) is 0 Å². The molecule has 188 valence electrons. The first-order valence-electron chi connectivity index (χ1n) is 11.6. The average Bonchev–Trinajstić information content (AvgIpc) is 2.84. The van der Waals surface area contributed by atoms with Crippen molar-refractivity contribution in [3.8, 4) is 6.07 Å². The largest absolute Gasteiger partial charge is 0.376 e. The fourth-order valence-corrected chi connectivity index (χ4v) is 4.11. The van der Waals surface area contributed by atoms with Crippen LogP contribution in [-0.2, 0) is 16.0 Å². The number of benzene rings is 1. The van der Waals surface area contributed by atoms with Crippen LogP contribution in [0.3, 0.4) is 0 Å². The second-order valence-corrected chi connectivity index (χ2v) is 8.55. The summed E-state index contributed by atoms with van der Waals surface area (Å²) in [7, 11) is 1.79. The van der Waals surface area contributed by atoms with E-state index in [-0.39, 0.29) is 11.8 Å². The number of hydrazone groups is 1. The van der Waals surface area contributed by atoms with E-state index in [1.54, 1.807) is 12.1 Å². The van der Waals surface area contributed by atoms with Crippen LogP contribution in [0.1, 0.15) is 12.0 Å². The Kier molecular flexibility index (Phi) is 11.7. The van der Waals surface area contributed by atoms with Gasteiger partial charge in [-0.3, -0.25) is 9.69 Å². The fraction of sp³-hybridized carbons (Fsp3) is 0.423. The van der Waals surface area contributed by atoms with Crippen LogP contribution < -0.4 is 16.7 Å². The molecule has 35 heavy (non-hydrogen) atoms. The number of anilines is 1. The van der Waals surface area contributed by atoms with Crippen molar-refractivity contribution < 1.29 is 9.53 Å². The molecule has 1 unspecified atom stereocenters. The summed E-state index contributed by atoms with van der Waals surface area (Å²) in [5.74, 6) is 10.5. The first-order chi connectivity index (χ1) is 16.9. The molecular weight excluding hydrogens is 442 g/mol. The molecule has 2 aliphatic rings. The number of piperazine rings is 1. The smallest absolute Gasteiger partial charge is 0.227 e. The monoisotopic (exact) mass is 479 g/mol. The molecule has 9 heteroatoms. The highest BCUT2D eigenvalue weighted by Gasteiger charge is 2.27. The molecule has 9 nitrogen and oxygen atoms in total. The van der Waals surface area contributed by atoms with Crippen molar-refractivity contribution in [1.82, 2.24) is 9.80 Å². The Morgan fingerprint density at radius 3 is 2.57 bits per heavy atom. The molecule has 0 bridgehead atoms. The zero-order valence-corrected chi connectivity index (χ0v) is 20.6. The lowest BCUT2D eigenvalue weighted by atomic mass is 9.90. The highest BCUT2D eigenvalue weighted by molar-refractivity contribution is 5.79. The van der Waals surface area contributed by atoms with E-state index in [2.05, 4.69) is 41.3 Å². The van der Waals surface area contributed by atoms with Gasteiger partial charge < -0.3 is 20.5 Å². The zero-order valence-electron chi connectivity index (χ0n) is 20.6. The number of nitrogens with zero attached hydrogens (tertiary/aromatic N) is 5. The molecule has 2 aliphatic heterocycles. The van der Waals surface area contributed by atoms with Gasteiger partial charge in [0.2, 0.25) is 5.91 Å². The second-order valence-electron chi connectivity index (χ2n) is 8.55. The number of rotatable bonds is 7. The summed E-state index contributed by atoms with van der Waals surface area (Å²) in [4.78, 5) is 17.1. The molecule has 1 aromatic rings. The SMILES string of the molecule is C=C1COCC(CN2CCN(C(=O)Cc3ccc(N(C)N)cc3)CC2)/C1=C/C=C\CC#N.C=NN. The van der Waals surface area contributed by atoms with Crippen molar-refractivity contribution in [2.24, 2.45) is 22.7 Å². The third-order valence-electron chi connectivity index (χ3n) is 5.97. The van der Waals surface area contributed by atoms with Crippen molar-refractivity contribution in [1.29, 1.82) is 5.26 Å². The van der Waals surface area contributed by atoms with Crippen molar-refractivity contribution in [3.05, 3.63) is 65.8 Å². The summed E-state index contributed by atoms with van der Waals surface area (Å²) in [5.41, 5.74) is 4.12. The Morgan fingerprint density at radius 2 is 1.97 bits per heavy atom. The predicted octanol–water partition coefficient (Wildman–Crippen LogP) is 1.84. The number of nitrogens with two attached hydrogens (primary N) is 2. The number of amides is 1. The number of carbonyl (C=O) groups excluding carboxylic acids is 1. The molecule has 4 N–H and O–H groups in total. The Bertz CT molecular complexity index is 939. The van der Waals surface area contributed by atoms with Gasteiger partial charge in [0.05, 0.1) is 37.8 Å². The van der Waals surface area contributed by atoms with Gasteiger partial charge in [-0.05, 0) is 28.8 Å². The second kappa shape index (κ2) is 14.7. The topological polar surface area (TPSA) is 124 Å². The lowest BCUT2D eigenvalue weighted by Gasteiger charge is -2.38. The quantitative estimate of drug-likeness (QED) is 0.347. The number of carbonyl (C=O) groups is 1. The third kappa shape index (κ3) is 9.02. The Hall–Kier alpha value is -3.45. The van der Waals surface area contributed by atoms with Crippen LogP contribution in [0.15, 0.2) is 65.3 Å². The molecule has 1 amide bonds. The van der Waals surface area contributed by atoms with Gasteiger partial charge in [-0.1, -0.05) is 36.9 Å². The van der Waals surface area contributed by atoms with Gasteiger partial charge in [0, 0.05) is 52.4 Å². The summed E-state index contributed by atoms with van der Waals surface area (Å²) in [5, 5.41) is 13.0. The van der Waals surface area contributed by atoms with Crippen LogP contribution in [-0.4, -0.2) is 75.4 Å². The molecule has 2 fully saturated rings. The lowest BCUT2D eigenvalue weighted by Crippen LogP contribution is -2.50. The van der Waals surface area contributed by atoms with Crippen LogP contribution >= 0.6 is 0 Å². The zero-order chi connectivity index (χ0) is 25.6. The predicted molar refractivity (Wildman–Crippen MR) is 140 cm³/mol. The maximum absolute atomic E-state index is 12.8. The molecule has 1 aromatic carbocycles.